The summed E-state index contributed by atoms with van der Waals surface area (Å²) in [7, 11) is 0. The molecule has 0 radical (unpaired) electrons. The SMILES string of the molecule is Cc1c(OCC(O)CNC(C)CCc2ccccc2)cccc1C(N)=O.O=C(O)/C=C/C(=O)O. The number of aliphatic hydroxyl groups is 1. The number of aliphatic carboxylic acids is 2. The Balaban J connectivity index is 0.000000620. The summed E-state index contributed by atoms with van der Waals surface area (Å²) in [4.78, 5) is 30.5. The molecule has 9 heteroatoms. The van der Waals surface area contributed by atoms with Crippen molar-refractivity contribution in [3.63, 3.8) is 0 Å². The van der Waals surface area contributed by atoms with Gasteiger partial charge in [0.1, 0.15) is 18.5 Å². The number of hydrogen-bond acceptors (Lipinski definition) is 6. The van der Waals surface area contributed by atoms with E-state index >= 15 is 0 Å². The summed E-state index contributed by atoms with van der Waals surface area (Å²) in [6.45, 7) is 4.49. The van der Waals surface area contributed by atoms with Gasteiger partial charge in [-0.25, -0.2) is 9.59 Å². The first-order valence-electron chi connectivity index (χ1n) is 10.7. The molecule has 0 aliphatic carbocycles. The van der Waals surface area contributed by atoms with Crippen molar-refractivity contribution in [2.24, 2.45) is 5.73 Å². The predicted molar refractivity (Wildman–Crippen MR) is 128 cm³/mol. The molecule has 0 aliphatic heterocycles. The highest BCUT2D eigenvalue weighted by molar-refractivity contribution is 5.94. The second kappa shape index (κ2) is 15.2. The monoisotopic (exact) mass is 472 g/mol. The topological polar surface area (TPSA) is 159 Å². The number of aliphatic hydroxyl groups excluding tert-OH is 1. The van der Waals surface area contributed by atoms with Gasteiger partial charge in [-0.1, -0.05) is 36.4 Å². The minimum Gasteiger partial charge on any atom is -0.491 e. The van der Waals surface area contributed by atoms with E-state index in [9.17, 15) is 19.5 Å². The van der Waals surface area contributed by atoms with Crippen molar-refractivity contribution in [2.45, 2.75) is 38.8 Å². The maximum absolute atomic E-state index is 11.4. The van der Waals surface area contributed by atoms with Gasteiger partial charge in [-0.15, -0.1) is 0 Å². The Bertz CT molecular complexity index is 945. The summed E-state index contributed by atoms with van der Waals surface area (Å²) >= 11 is 0. The van der Waals surface area contributed by atoms with Crippen molar-refractivity contribution in [3.8, 4) is 5.75 Å². The molecule has 2 unspecified atom stereocenters. The molecular formula is C25H32N2O7. The van der Waals surface area contributed by atoms with Crippen molar-refractivity contribution >= 4 is 17.8 Å². The first kappa shape index (κ1) is 28.3. The molecule has 0 heterocycles. The average molecular weight is 473 g/mol. The van der Waals surface area contributed by atoms with E-state index in [1.165, 1.54) is 5.56 Å². The number of carboxylic acids is 2. The number of primary amides is 1. The summed E-state index contributed by atoms with van der Waals surface area (Å²) in [6.07, 6.45) is 2.48. The summed E-state index contributed by atoms with van der Waals surface area (Å²) < 4.78 is 5.65. The Morgan fingerprint density at radius 1 is 1.03 bits per heavy atom. The lowest BCUT2D eigenvalue weighted by molar-refractivity contribution is -0.134. The lowest BCUT2D eigenvalue weighted by Crippen LogP contribution is -2.36. The van der Waals surface area contributed by atoms with Gasteiger partial charge in [0.15, 0.2) is 0 Å². The van der Waals surface area contributed by atoms with Crippen LogP contribution in [0.2, 0.25) is 0 Å². The molecule has 2 rings (SSSR count). The van der Waals surface area contributed by atoms with E-state index in [1.54, 1.807) is 25.1 Å². The normalized spacial score (nSPS) is 12.3. The third-order valence-electron chi connectivity index (χ3n) is 4.76. The van der Waals surface area contributed by atoms with Gasteiger partial charge in [0, 0.05) is 35.9 Å². The smallest absolute Gasteiger partial charge is 0.328 e. The summed E-state index contributed by atoms with van der Waals surface area (Å²) in [6, 6.07) is 15.8. The van der Waals surface area contributed by atoms with Crippen molar-refractivity contribution in [2.75, 3.05) is 13.2 Å². The van der Waals surface area contributed by atoms with Gasteiger partial charge in [-0.3, -0.25) is 4.79 Å². The fourth-order valence-electron chi connectivity index (χ4n) is 2.89. The first-order valence-corrected chi connectivity index (χ1v) is 10.7. The van der Waals surface area contributed by atoms with Crippen LogP contribution in [0.15, 0.2) is 60.7 Å². The summed E-state index contributed by atoms with van der Waals surface area (Å²) in [5.41, 5.74) is 7.78. The number of nitrogens with two attached hydrogens (primary N) is 1. The van der Waals surface area contributed by atoms with Crippen molar-refractivity contribution in [1.82, 2.24) is 5.32 Å². The molecule has 184 valence electrons. The number of carbonyl (C=O) groups excluding carboxylic acids is 1. The second-order valence-corrected chi connectivity index (χ2v) is 7.60. The van der Waals surface area contributed by atoms with Crippen LogP contribution in [0.3, 0.4) is 0 Å². The molecule has 1 amide bonds. The van der Waals surface area contributed by atoms with Gasteiger partial charge in [0.25, 0.3) is 0 Å². The Morgan fingerprint density at radius 3 is 2.21 bits per heavy atom. The van der Waals surface area contributed by atoms with Gasteiger partial charge in [-0.05, 0) is 44.4 Å². The van der Waals surface area contributed by atoms with Gasteiger partial charge in [-0.2, -0.15) is 0 Å². The number of ether oxygens (including phenoxy) is 1. The van der Waals surface area contributed by atoms with Crippen LogP contribution < -0.4 is 15.8 Å². The molecule has 6 N–H and O–H groups in total. The first-order chi connectivity index (χ1) is 16.1. The second-order valence-electron chi connectivity index (χ2n) is 7.60. The van der Waals surface area contributed by atoms with E-state index in [0.29, 0.717) is 41.6 Å². The zero-order valence-corrected chi connectivity index (χ0v) is 19.3. The Hall–Kier alpha value is -3.69. The molecule has 0 saturated heterocycles. The fraction of sp³-hybridized carbons (Fsp3) is 0.320. The van der Waals surface area contributed by atoms with Crippen molar-refractivity contribution in [1.29, 1.82) is 0 Å². The fourth-order valence-corrected chi connectivity index (χ4v) is 2.89. The summed E-state index contributed by atoms with van der Waals surface area (Å²) in [5, 5.41) is 29.1. The summed E-state index contributed by atoms with van der Waals surface area (Å²) in [5.74, 6) is -2.43. The molecular weight excluding hydrogens is 440 g/mol. The van der Waals surface area contributed by atoms with Gasteiger partial charge in [0.2, 0.25) is 5.91 Å². The zero-order chi connectivity index (χ0) is 25.5. The number of amides is 1. The third kappa shape index (κ3) is 11.8. The Labute approximate surface area is 198 Å². The van der Waals surface area contributed by atoms with Gasteiger partial charge >= 0.3 is 11.9 Å². The average Bonchev–Trinajstić information content (AvgIpc) is 2.80. The number of carboxylic acid groups (broad SMARTS) is 2. The number of nitrogens with one attached hydrogen (secondary N) is 1. The van der Waals surface area contributed by atoms with Crippen LogP contribution in [-0.2, 0) is 16.0 Å². The highest BCUT2D eigenvalue weighted by Crippen LogP contribution is 2.21. The van der Waals surface area contributed by atoms with Gasteiger partial charge < -0.3 is 31.1 Å². The molecule has 2 aromatic carbocycles. The van der Waals surface area contributed by atoms with Crippen LogP contribution in [-0.4, -0.2) is 58.5 Å². The van der Waals surface area contributed by atoms with Crippen LogP contribution in [0.1, 0.15) is 34.8 Å². The maximum atomic E-state index is 11.4. The molecule has 0 saturated carbocycles. The largest absolute Gasteiger partial charge is 0.491 e. The van der Waals surface area contributed by atoms with Crippen molar-refractivity contribution < 1.29 is 34.4 Å². The minimum atomic E-state index is -1.26. The molecule has 2 atom stereocenters. The highest BCUT2D eigenvalue weighted by atomic mass is 16.5. The van der Waals surface area contributed by atoms with Crippen LogP contribution in [0.5, 0.6) is 5.75 Å². The number of rotatable bonds is 12. The third-order valence-corrected chi connectivity index (χ3v) is 4.76. The number of carbonyl (C=O) groups is 3. The molecule has 0 aromatic heterocycles. The van der Waals surface area contributed by atoms with E-state index in [4.69, 9.17) is 20.7 Å². The van der Waals surface area contributed by atoms with Gasteiger partial charge in [0.05, 0.1) is 0 Å². The molecule has 0 fully saturated rings. The van der Waals surface area contributed by atoms with Crippen LogP contribution in [0.4, 0.5) is 0 Å². The molecule has 0 bridgehead atoms. The molecule has 0 aliphatic rings. The zero-order valence-electron chi connectivity index (χ0n) is 19.3. The van der Waals surface area contributed by atoms with Crippen LogP contribution in [0.25, 0.3) is 0 Å². The van der Waals surface area contributed by atoms with E-state index in [1.807, 2.05) is 18.2 Å². The van der Waals surface area contributed by atoms with Crippen LogP contribution in [0, 0.1) is 6.92 Å². The standard InChI is InChI=1S/C21H28N2O3.C4H4O4/c1-15(11-12-17-7-4-3-5-8-17)23-13-18(24)14-26-20-10-6-9-19(16(20)2)21(22)25;5-3(6)1-2-4(7)8/h3-10,15,18,23-24H,11-14H2,1-2H3,(H2,22,25);1-2H,(H,5,6)(H,7,8)/b;2-1+. The minimum absolute atomic E-state index is 0.154. The Kier molecular flexibility index (Phi) is 12.7. The lowest BCUT2D eigenvalue weighted by Gasteiger charge is -2.18. The maximum Gasteiger partial charge on any atom is 0.328 e. The molecule has 34 heavy (non-hydrogen) atoms. The van der Waals surface area contributed by atoms with E-state index in [-0.39, 0.29) is 6.61 Å². The van der Waals surface area contributed by atoms with Crippen LogP contribution >= 0.6 is 0 Å². The Morgan fingerprint density at radius 2 is 1.65 bits per heavy atom. The van der Waals surface area contributed by atoms with E-state index in [2.05, 4.69) is 24.4 Å². The quantitative estimate of drug-likeness (QED) is 0.294. The predicted octanol–water partition coefficient (Wildman–Crippen LogP) is 2.16. The number of benzene rings is 2. The molecule has 0 spiro atoms. The molecule has 2 aromatic rings. The van der Waals surface area contributed by atoms with E-state index < -0.39 is 23.9 Å². The van der Waals surface area contributed by atoms with E-state index in [0.717, 1.165) is 12.8 Å². The molecule has 9 nitrogen and oxygen atoms in total. The number of aryl methyl sites for hydroxylation is 1. The number of hydrogen-bond donors (Lipinski definition) is 5. The highest BCUT2D eigenvalue weighted by Gasteiger charge is 2.12. The lowest BCUT2D eigenvalue weighted by atomic mass is 10.1. The van der Waals surface area contributed by atoms with Crippen molar-refractivity contribution in [3.05, 3.63) is 77.4 Å².